The fourth-order valence-corrected chi connectivity index (χ4v) is 3.36. The SMILES string of the molecule is CCC(CC)NCCC1(CCOC)CCCCC1. The lowest BCUT2D eigenvalue weighted by Gasteiger charge is -2.38. The highest BCUT2D eigenvalue weighted by atomic mass is 16.5. The Morgan fingerprint density at radius 3 is 2.28 bits per heavy atom. The van der Waals surface area contributed by atoms with Gasteiger partial charge in [-0.25, -0.2) is 0 Å². The van der Waals surface area contributed by atoms with Crippen molar-refractivity contribution in [2.75, 3.05) is 20.3 Å². The van der Waals surface area contributed by atoms with E-state index in [-0.39, 0.29) is 0 Å². The largest absolute Gasteiger partial charge is 0.385 e. The Morgan fingerprint density at radius 1 is 1.06 bits per heavy atom. The van der Waals surface area contributed by atoms with E-state index >= 15 is 0 Å². The van der Waals surface area contributed by atoms with Gasteiger partial charge in [-0.1, -0.05) is 33.1 Å². The second-order valence-electron chi connectivity index (χ2n) is 6.02. The molecule has 2 nitrogen and oxygen atoms in total. The van der Waals surface area contributed by atoms with E-state index < -0.39 is 0 Å². The first-order chi connectivity index (χ1) is 8.76. The summed E-state index contributed by atoms with van der Waals surface area (Å²) < 4.78 is 5.32. The van der Waals surface area contributed by atoms with Crippen molar-refractivity contribution in [3.8, 4) is 0 Å². The van der Waals surface area contributed by atoms with Gasteiger partial charge in [0.1, 0.15) is 0 Å². The van der Waals surface area contributed by atoms with Crippen LogP contribution >= 0.6 is 0 Å². The molecule has 0 heterocycles. The third-order valence-corrected chi connectivity index (χ3v) is 4.82. The van der Waals surface area contributed by atoms with E-state index in [0.29, 0.717) is 11.5 Å². The second-order valence-corrected chi connectivity index (χ2v) is 6.02. The van der Waals surface area contributed by atoms with Gasteiger partial charge < -0.3 is 10.1 Å². The first-order valence-electron chi connectivity index (χ1n) is 7.98. The number of nitrogens with one attached hydrogen (secondary N) is 1. The lowest BCUT2D eigenvalue weighted by molar-refractivity contribution is 0.0937. The van der Waals surface area contributed by atoms with Crippen LogP contribution in [0.5, 0.6) is 0 Å². The minimum atomic E-state index is 0.577. The van der Waals surface area contributed by atoms with Crippen LogP contribution in [0.25, 0.3) is 0 Å². The predicted octanol–water partition coefficient (Wildman–Crippen LogP) is 4.14. The van der Waals surface area contributed by atoms with Gasteiger partial charge in [0.05, 0.1) is 0 Å². The van der Waals surface area contributed by atoms with E-state index in [0.717, 1.165) is 6.61 Å². The molecule has 0 aliphatic heterocycles. The van der Waals surface area contributed by atoms with Gasteiger partial charge in [0.15, 0.2) is 0 Å². The third-order valence-electron chi connectivity index (χ3n) is 4.82. The molecule has 2 heteroatoms. The summed E-state index contributed by atoms with van der Waals surface area (Å²) in [5, 5.41) is 3.73. The van der Waals surface area contributed by atoms with Gasteiger partial charge >= 0.3 is 0 Å². The summed E-state index contributed by atoms with van der Waals surface area (Å²) >= 11 is 0. The molecule has 1 rings (SSSR count). The van der Waals surface area contributed by atoms with Crippen LogP contribution in [0.4, 0.5) is 0 Å². The molecule has 0 spiro atoms. The molecule has 1 aliphatic carbocycles. The normalized spacial score (nSPS) is 19.3. The summed E-state index contributed by atoms with van der Waals surface area (Å²) in [6.45, 7) is 6.69. The van der Waals surface area contributed by atoms with Gasteiger partial charge in [0, 0.05) is 19.8 Å². The Bertz CT molecular complexity index is 195. The van der Waals surface area contributed by atoms with E-state index in [2.05, 4.69) is 19.2 Å². The van der Waals surface area contributed by atoms with Crippen molar-refractivity contribution in [2.45, 2.75) is 77.7 Å². The van der Waals surface area contributed by atoms with Crippen LogP contribution in [0, 0.1) is 5.41 Å². The van der Waals surface area contributed by atoms with E-state index in [1.807, 2.05) is 7.11 Å². The van der Waals surface area contributed by atoms with Crippen LogP contribution in [0.3, 0.4) is 0 Å². The van der Waals surface area contributed by atoms with Crippen LogP contribution in [-0.2, 0) is 4.74 Å². The fraction of sp³-hybridized carbons (Fsp3) is 1.00. The molecule has 0 bridgehead atoms. The number of hydrogen-bond acceptors (Lipinski definition) is 2. The Kier molecular flexibility index (Phi) is 7.92. The monoisotopic (exact) mass is 255 g/mol. The standard InChI is InChI=1S/C16H33NO/c1-4-15(5-2)17-13-11-16(12-14-18-3)9-7-6-8-10-16/h15,17H,4-14H2,1-3H3. The molecule has 0 aromatic heterocycles. The van der Waals surface area contributed by atoms with Crippen LogP contribution in [0.2, 0.25) is 0 Å². The molecular formula is C16H33NO. The van der Waals surface area contributed by atoms with Gasteiger partial charge in [-0.05, 0) is 50.5 Å². The maximum Gasteiger partial charge on any atom is 0.0467 e. The topological polar surface area (TPSA) is 21.3 Å². The molecule has 0 aromatic carbocycles. The van der Waals surface area contributed by atoms with E-state index in [1.165, 1.54) is 64.3 Å². The molecular weight excluding hydrogens is 222 g/mol. The number of methoxy groups -OCH3 is 1. The maximum atomic E-state index is 5.32. The lowest BCUT2D eigenvalue weighted by Crippen LogP contribution is -2.34. The summed E-state index contributed by atoms with van der Waals surface area (Å²) in [4.78, 5) is 0. The van der Waals surface area contributed by atoms with E-state index in [1.54, 1.807) is 0 Å². The van der Waals surface area contributed by atoms with Gasteiger partial charge in [0.25, 0.3) is 0 Å². The zero-order valence-electron chi connectivity index (χ0n) is 12.8. The van der Waals surface area contributed by atoms with Crippen molar-refractivity contribution in [1.82, 2.24) is 5.32 Å². The van der Waals surface area contributed by atoms with Crippen LogP contribution in [-0.4, -0.2) is 26.3 Å². The fourth-order valence-electron chi connectivity index (χ4n) is 3.36. The first-order valence-corrected chi connectivity index (χ1v) is 7.98. The van der Waals surface area contributed by atoms with Gasteiger partial charge in [-0.3, -0.25) is 0 Å². The molecule has 0 radical (unpaired) electrons. The Hall–Kier alpha value is -0.0800. The summed E-state index contributed by atoms with van der Waals surface area (Å²) in [6.07, 6.45) is 12.2. The number of ether oxygens (including phenoxy) is 1. The molecule has 1 N–H and O–H groups in total. The van der Waals surface area contributed by atoms with Gasteiger partial charge in [-0.15, -0.1) is 0 Å². The first kappa shape index (κ1) is 16.0. The maximum absolute atomic E-state index is 5.32. The minimum absolute atomic E-state index is 0.577. The highest BCUT2D eigenvalue weighted by Crippen LogP contribution is 2.42. The second kappa shape index (κ2) is 8.92. The third kappa shape index (κ3) is 5.27. The smallest absolute Gasteiger partial charge is 0.0467 e. The molecule has 0 unspecified atom stereocenters. The summed E-state index contributed by atoms with van der Waals surface area (Å²) in [5.41, 5.74) is 0.577. The van der Waals surface area contributed by atoms with Gasteiger partial charge in [-0.2, -0.15) is 0 Å². The average molecular weight is 255 g/mol. The average Bonchev–Trinajstić information content (AvgIpc) is 2.43. The number of hydrogen-bond donors (Lipinski definition) is 1. The van der Waals surface area contributed by atoms with Crippen molar-refractivity contribution in [2.24, 2.45) is 5.41 Å². The molecule has 0 aromatic rings. The molecule has 18 heavy (non-hydrogen) atoms. The molecule has 108 valence electrons. The summed E-state index contributed by atoms with van der Waals surface area (Å²) in [7, 11) is 1.83. The van der Waals surface area contributed by atoms with E-state index in [9.17, 15) is 0 Å². The predicted molar refractivity (Wildman–Crippen MR) is 79.0 cm³/mol. The summed E-state index contributed by atoms with van der Waals surface area (Å²) in [6, 6.07) is 0.716. The quantitative estimate of drug-likeness (QED) is 0.668. The van der Waals surface area contributed by atoms with Crippen molar-refractivity contribution in [1.29, 1.82) is 0 Å². The zero-order valence-corrected chi connectivity index (χ0v) is 12.8. The zero-order chi connectivity index (χ0) is 13.3. The van der Waals surface area contributed by atoms with Crippen molar-refractivity contribution >= 4 is 0 Å². The Balaban J connectivity index is 2.35. The minimum Gasteiger partial charge on any atom is -0.385 e. The molecule has 0 atom stereocenters. The van der Waals surface area contributed by atoms with Crippen LogP contribution < -0.4 is 5.32 Å². The van der Waals surface area contributed by atoms with Crippen LogP contribution in [0.15, 0.2) is 0 Å². The van der Waals surface area contributed by atoms with Crippen molar-refractivity contribution in [3.63, 3.8) is 0 Å². The number of rotatable bonds is 9. The highest BCUT2D eigenvalue weighted by molar-refractivity contribution is 4.84. The molecule has 1 saturated carbocycles. The lowest BCUT2D eigenvalue weighted by atomic mass is 9.70. The van der Waals surface area contributed by atoms with Crippen LogP contribution in [0.1, 0.15) is 71.6 Å². The Morgan fingerprint density at radius 2 is 1.72 bits per heavy atom. The molecule has 0 amide bonds. The molecule has 1 aliphatic rings. The molecule has 1 fully saturated rings. The van der Waals surface area contributed by atoms with Crippen molar-refractivity contribution in [3.05, 3.63) is 0 Å². The van der Waals surface area contributed by atoms with Gasteiger partial charge in [0.2, 0.25) is 0 Å². The highest BCUT2D eigenvalue weighted by Gasteiger charge is 2.31. The van der Waals surface area contributed by atoms with E-state index in [4.69, 9.17) is 4.74 Å². The van der Waals surface area contributed by atoms with Crippen molar-refractivity contribution < 1.29 is 4.74 Å². The molecule has 0 saturated heterocycles. The summed E-state index contributed by atoms with van der Waals surface area (Å²) in [5.74, 6) is 0. The Labute approximate surface area is 114 Å².